The van der Waals surface area contributed by atoms with Gasteiger partial charge in [-0.25, -0.2) is 0 Å². The molecule has 1 rings (SSSR count). The van der Waals surface area contributed by atoms with Gasteiger partial charge in [0.2, 0.25) is 0 Å². The van der Waals surface area contributed by atoms with E-state index < -0.39 is 8.07 Å². The average molecular weight is 236 g/mol. The van der Waals surface area contributed by atoms with Gasteiger partial charge >= 0.3 is 0 Å². The maximum absolute atomic E-state index is 5.61. The number of hydrogen-bond donors (Lipinski definition) is 0. The second kappa shape index (κ2) is 5.70. The van der Waals surface area contributed by atoms with Crippen molar-refractivity contribution in [1.29, 1.82) is 0 Å². The summed E-state index contributed by atoms with van der Waals surface area (Å²) >= 11 is 0. The monoisotopic (exact) mass is 236 g/mol. The van der Waals surface area contributed by atoms with Crippen molar-refractivity contribution in [3.8, 4) is 11.8 Å². The van der Waals surface area contributed by atoms with Crippen molar-refractivity contribution in [3.63, 3.8) is 0 Å². The molecule has 0 N–H and O–H groups in total. The summed E-state index contributed by atoms with van der Waals surface area (Å²) in [4.78, 5) is 0. The third-order valence-electron chi connectivity index (χ3n) is 3.02. The number of allylic oxidation sites excluding steroid dienone is 1. The topological polar surface area (TPSA) is 9.23 Å². The van der Waals surface area contributed by atoms with Gasteiger partial charge in [0.15, 0.2) is 0 Å². The summed E-state index contributed by atoms with van der Waals surface area (Å²) < 4.78 is 5.61. The summed E-state index contributed by atoms with van der Waals surface area (Å²) in [5, 5.41) is 0. The van der Waals surface area contributed by atoms with Crippen molar-refractivity contribution < 1.29 is 4.74 Å². The van der Waals surface area contributed by atoms with Gasteiger partial charge in [0, 0.05) is 7.11 Å². The van der Waals surface area contributed by atoms with E-state index in [0.717, 1.165) is 12.8 Å². The van der Waals surface area contributed by atoms with Gasteiger partial charge in [-0.2, -0.15) is 0 Å². The van der Waals surface area contributed by atoms with Gasteiger partial charge < -0.3 is 4.74 Å². The quantitative estimate of drug-likeness (QED) is 0.524. The minimum atomic E-state index is -1.10. The highest BCUT2D eigenvalue weighted by Crippen LogP contribution is 2.30. The van der Waals surface area contributed by atoms with Crippen LogP contribution in [0.15, 0.2) is 11.8 Å². The van der Waals surface area contributed by atoms with Gasteiger partial charge in [0.1, 0.15) is 5.60 Å². The van der Waals surface area contributed by atoms with E-state index in [2.05, 4.69) is 37.2 Å². The fourth-order valence-corrected chi connectivity index (χ4v) is 2.55. The van der Waals surface area contributed by atoms with E-state index in [4.69, 9.17) is 4.74 Å². The van der Waals surface area contributed by atoms with Crippen LogP contribution in [-0.4, -0.2) is 20.8 Å². The molecule has 0 aromatic heterocycles. The Hall–Kier alpha value is -0.523. The molecule has 0 aromatic carbocycles. The molecule has 90 valence electrons. The van der Waals surface area contributed by atoms with Crippen molar-refractivity contribution in [3.05, 3.63) is 11.8 Å². The molecule has 1 aliphatic rings. The number of methoxy groups -OCH3 is 1. The standard InChI is InChI=1S/C14H24OSi/c1-15-14(10-6-5-7-11-14)12-8-9-13-16(2,3)4/h9,13H,5-7,10-11H2,1-4H3/b13-9+. The van der Waals surface area contributed by atoms with Crippen LogP contribution in [0.3, 0.4) is 0 Å². The SMILES string of the molecule is COC1(C#C/C=C/[Si](C)(C)C)CCCCC1. The molecule has 0 atom stereocenters. The molecular weight excluding hydrogens is 212 g/mol. The number of ether oxygens (including phenoxy) is 1. The van der Waals surface area contributed by atoms with E-state index in [1.807, 2.05) is 6.08 Å². The first-order valence-corrected chi connectivity index (χ1v) is 9.81. The Morgan fingerprint density at radius 3 is 2.25 bits per heavy atom. The van der Waals surface area contributed by atoms with E-state index in [9.17, 15) is 0 Å². The molecular formula is C14H24OSi. The van der Waals surface area contributed by atoms with E-state index in [1.54, 1.807) is 7.11 Å². The zero-order chi connectivity index (χ0) is 12.1. The first-order chi connectivity index (χ1) is 7.47. The molecule has 0 unspecified atom stereocenters. The lowest BCUT2D eigenvalue weighted by Gasteiger charge is -2.30. The van der Waals surface area contributed by atoms with Crippen molar-refractivity contribution in [2.75, 3.05) is 7.11 Å². The minimum absolute atomic E-state index is 0.151. The largest absolute Gasteiger partial charge is 0.366 e. The van der Waals surface area contributed by atoms with Crippen LogP contribution >= 0.6 is 0 Å². The summed E-state index contributed by atoms with van der Waals surface area (Å²) in [6.45, 7) is 6.95. The molecule has 0 radical (unpaired) electrons. The van der Waals surface area contributed by atoms with Crippen LogP contribution in [-0.2, 0) is 4.74 Å². The lowest BCUT2D eigenvalue weighted by atomic mass is 9.85. The molecule has 1 aliphatic carbocycles. The molecule has 2 heteroatoms. The molecule has 0 saturated heterocycles. The Kier molecular flexibility index (Phi) is 4.82. The average Bonchev–Trinajstić information content (AvgIpc) is 2.25. The molecule has 1 saturated carbocycles. The summed E-state index contributed by atoms with van der Waals surface area (Å²) in [6, 6.07) is 0. The minimum Gasteiger partial charge on any atom is -0.366 e. The maximum atomic E-state index is 5.61. The van der Waals surface area contributed by atoms with Crippen LogP contribution < -0.4 is 0 Å². The molecule has 0 heterocycles. The van der Waals surface area contributed by atoms with Gasteiger partial charge in [-0.3, -0.25) is 0 Å². The van der Waals surface area contributed by atoms with E-state index in [-0.39, 0.29) is 5.60 Å². The normalized spacial score (nSPS) is 20.5. The van der Waals surface area contributed by atoms with Gasteiger partial charge in [-0.1, -0.05) is 43.6 Å². The highest BCUT2D eigenvalue weighted by atomic mass is 28.3. The smallest absolute Gasteiger partial charge is 0.128 e. The van der Waals surface area contributed by atoms with Gasteiger partial charge in [0.25, 0.3) is 0 Å². The predicted octanol–water partition coefficient (Wildman–Crippen LogP) is 3.77. The lowest BCUT2D eigenvalue weighted by molar-refractivity contribution is 0.0104. The Morgan fingerprint density at radius 2 is 1.75 bits per heavy atom. The molecule has 0 aromatic rings. The summed E-state index contributed by atoms with van der Waals surface area (Å²) in [7, 11) is 0.692. The van der Waals surface area contributed by atoms with Crippen LogP contribution in [0, 0.1) is 11.8 Å². The van der Waals surface area contributed by atoms with Crippen LogP contribution in [0.25, 0.3) is 0 Å². The molecule has 16 heavy (non-hydrogen) atoms. The van der Waals surface area contributed by atoms with Gasteiger partial charge in [-0.15, -0.1) is 0 Å². The van der Waals surface area contributed by atoms with Crippen molar-refractivity contribution >= 4 is 8.07 Å². The van der Waals surface area contributed by atoms with Crippen molar-refractivity contribution in [1.82, 2.24) is 0 Å². The molecule has 0 bridgehead atoms. The summed E-state index contributed by atoms with van der Waals surface area (Å²) in [5.74, 6) is 6.50. The van der Waals surface area contributed by atoms with E-state index in [0.29, 0.717) is 0 Å². The van der Waals surface area contributed by atoms with Crippen LogP contribution in [0.5, 0.6) is 0 Å². The van der Waals surface area contributed by atoms with Gasteiger partial charge in [0.05, 0.1) is 8.07 Å². The highest BCUT2D eigenvalue weighted by molar-refractivity contribution is 6.81. The van der Waals surface area contributed by atoms with E-state index in [1.165, 1.54) is 19.3 Å². The second-order valence-corrected chi connectivity index (χ2v) is 10.8. The van der Waals surface area contributed by atoms with Crippen LogP contribution in [0.4, 0.5) is 0 Å². The fourth-order valence-electron chi connectivity index (χ4n) is 1.97. The number of hydrogen-bond acceptors (Lipinski definition) is 1. The Labute approximate surface area is 101 Å². The lowest BCUT2D eigenvalue weighted by Crippen LogP contribution is -2.31. The van der Waals surface area contributed by atoms with Crippen LogP contribution in [0.1, 0.15) is 32.1 Å². The zero-order valence-corrected chi connectivity index (χ0v) is 12.1. The maximum Gasteiger partial charge on any atom is 0.128 e. The Bertz CT molecular complexity index is 295. The highest BCUT2D eigenvalue weighted by Gasteiger charge is 2.29. The van der Waals surface area contributed by atoms with Gasteiger partial charge in [-0.05, 0) is 31.8 Å². The molecule has 0 amide bonds. The third kappa shape index (κ3) is 4.55. The summed E-state index contributed by atoms with van der Waals surface area (Å²) in [6.07, 6.45) is 8.05. The first kappa shape index (κ1) is 13.5. The first-order valence-electron chi connectivity index (χ1n) is 6.23. The van der Waals surface area contributed by atoms with Crippen molar-refractivity contribution in [2.24, 2.45) is 0 Å². The Morgan fingerprint density at radius 1 is 1.12 bits per heavy atom. The molecule has 1 nitrogen and oxygen atoms in total. The van der Waals surface area contributed by atoms with E-state index >= 15 is 0 Å². The summed E-state index contributed by atoms with van der Waals surface area (Å²) in [5.41, 5.74) is 2.13. The Balaban J connectivity index is 2.62. The van der Waals surface area contributed by atoms with Crippen LogP contribution in [0.2, 0.25) is 19.6 Å². The second-order valence-electron chi connectivity index (χ2n) is 5.73. The predicted molar refractivity (Wildman–Crippen MR) is 73.1 cm³/mol. The molecule has 1 fully saturated rings. The number of rotatable bonds is 2. The third-order valence-corrected chi connectivity index (χ3v) is 4.19. The molecule has 0 spiro atoms. The molecule has 0 aliphatic heterocycles. The fraction of sp³-hybridized carbons (Fsp3) is 0.714. The zero-order valence-electron chi connectivity index (χ0n) is 11.1. The van der Waals surface area contributed by atoms with Crippen molar-refractivity contribution in [2.45, 2.75) is 57.3 Å².